The maximum Gasteiger partial charge on any atom is 0.407 e. The molecule has 2 N–H and O–H groups in total. The van der Waals surface area contributed by atoms with Crippen molar-refractivity contribution >= 4 is 17.8 Å². The lowest BCUT2D eigenvalue weighted by atomic mass is 9.98. The molecule has 3 aromatic rings. The van der Waals surface area contributed by atoms with E-state index in [4.69, 9.17) is 4.74 Å². The first-order valence-electron chi connectivity index (χ1n) is 10.9. The van der Waals surface area contributed by atoms with E-state index in [1.807, 2.05) is 67.6 Å². The van der Waals surface area contributed by atoms with Crippen LogP contribution in [0.4, 0.5) is 4.79 Å². The number of alkyl carbamates (subject to hydrolysis) is 1. The van der Waals surface area contributed by atoms with Crippen molar-refractivity contribution in [3.63, 3.8) is 0 Å². The number of Topliss-reactive ketones (excluding diaryl/α,β-unsaturated/α-hetero) is 1. The lowest BCUT2D eigenvalue weighted by Crippen LogP contribution is -2.42. The van der Waals surface area contributed by atoms with Crippen LogP contribution >= 0.6 is 0 Å². The summed E-state index contributed by atoms with van der Waals surface area (Å²) in [5, 5.41) is 11.8. The molecule has 0 saturated heterocycles. The summed E-state index contributed by atoms with van der Waals surface area (Å²) in [7, 11) is 0. The highest BCUT2D eigenvalue weighted by molar-refractivity contribution is 5.99. The number of amides is 1. The van der Waals surface area contributed by atoms with Crippen molar-refractivity contribution in [1.82, 2.24) is 5.32 Å². The van der Waals surface area contributed by atoms with Gasteiger partial charge in [-0.25, -0.2) is 9.59 Å². The van der Waals surface area contributed by atoms with E-state index in [-0.39, 0.29) is 24.7 Å². The lowest BCUT2D eigenvalue weighted by Gasteiger charge is -2.17. The molecule has 1 atom stereocenters. The summed E-state index contributed by atoms with van der Waals surface area (Å²) in [6.45, 7) is 2.08. The summed E-state index contributed by atoms with van der Waals surface area (Å²) in [4.78, 5) is 36.6. The number of carboxylic acid groups (broad SMARTS) is 1. The number of benzene rings is 3. The number of carbonyl (C=O) groups excluding carboxylic acids is 2. The molecule has 33 heavy (non-hydrogen) atoms. The standard InChI is InChI=1S/C27H25NO5/c1-2-17-11-13-18(14-12-17)25(29)15-24(26(30)31)28-27(32)33-16-23-21-9-5-3-7-19(21)20-8-4-6-10-22(20)23/h3-14,23-24H,2,15-16H2,1H3,(H,28,32)(H,30,31). The van der Waals surface area contributed by atoms with Crippen LogP contribution in [-0.4, -0.2) is 35.6 Å². The van der Waals surface area contributed by atoms with Gasteiger partial charge in [-0.05, 0) is 34.2 Å². The molecule has 0 fully saturated rings. The van der Waals surface area contributed by atoms with Crippen LogP contribution in [0.3, 0.4) is 0 Å². The van der Waals surface area contributed by atoms with Crippen molar-refractivity contribution in [3.05, 3.63) is 95.1 Å². The minimum absolute atomic E-state index is 0.0681. The van der Waals surface area contributed by atoms with Crippen molar-refractivity contribution in [2.24, 2.45) is 0 Å². The molecule has 1 aliphatic carbocycles. The second-order valence-corrected chi connectivity index (χ2v) is 8.04. The predicted molar refractivity (Wildman–Crippen MR) is 124 cm³/mol. The molecule has 1 aliphatic rings. The number of ketones is 1. The predicted octanol–water partition coefficient (Wildman–Crippen LogP) is 4.81. The number of ether oxygens (including phenoxy) is 1. The first-order valence-corrected chi connectivity index (χ1v) is 10.9. The van der Waals surface area contributed by atoms with E-state index in [9.17, 15) is 19.5 Å². The Morgan fingerprint density at radius 3 is 2.03 bits per heavy atom. The summed E-state index contributed by atoms with van der Waals surface area (Å²) in [5.74, 6) is -1.78. The van der Waals surface area contributed by atoms with E-state index < -0.39 is 18.1 Å². The van der Waals surface area contributed by atoms with E-state index in [2.05, 4.69) is 5.32 Å². The largest absolute Gasteiger partial charge is 0.480 e. The molecule has 0 aromatic heterocycles. The molecular weight excluding hydrogens is 418 g/mol. The molecule has 0 heterocycles. The number of aliphatic carboxylic acids is 1. The Hall–Kier alpha value is -3.93. The summed E-state index contributed by atoms with van der Waals surface area (Å²) in [6, 6.07) is 21.5. The Morgan fingerprint density at radius 2 is 1.48 bits per heavy atom. The second kappa shape index (κ2) is 9.69. The fourth-order valence-electron chi connectivity index (χ4n) is 4.21. The number of hydrogen-bond donors (Lipinski definition) is 2. The Bertz CT molecular complexity index is 1140. The van der Waals surface area contributed by atoms with Gasteiger partial charge >= 0.3 is 12.1 Å². The average Bonchev–Trinajstić information content (AvgIpc) is 3.16. The molecule has 6 nitrogen and oxygen atoms in total. The highest BCUT2D eigenvalue weighted by Gasteiger charge is 2.30. The van der Waals surface area contributed by atoms with Gasteiger partial charge < -0.3 is 15.2 Å². The number of fused-ring (bicyclic) bond motifs is 3. The van der Waals surface area contributed by atoms with E-state index in [0.717, 1.165) is 34.2 Å². The van der Waals surface area contributed by atoms with Crippen LogP contribution in [0.15, 0.2) is 72.8 Å². The summed E-state index contributed by atoms with van der Waals surface area (Å²) >= 11 is 0. The van der Waals surface area contributed by atoms with Crippen LogP contribution in [0.2, 0.25) is 0 Å². The van der Waals surface area contributed by atoms with Gasteiger partial charge in [-0.2, -0.15) is 0 Å². The van der Waals surface area contributed by atoms with Crippen molar-refractivity contribution in [1.29, 1.82) is 0 Å². The Kier molecular flexibility index (Phi) is 6.54. The first kappa shape index (κ1) is 22.3. The molecular formula is C27H25NO5. The van der Waals surface area contributed by atoms with Gasteiger partial charge in [-0.1, -0.05) is 79.7 Å². The molecule has 1 unspecified atom stereocenters. The average molecular weight is 443 g/mol. The highest BCUT2D eigenvalue weighted by atomic mass is 16.5. The van der Waals surface area contributed by atoms with Crippen molar-refractivity contribution in [2.45, 2.75) is 31.7 Å². The number of carboxylic acids is 1. The van der Waals surface area contributed by atoms with E-state index in [0.29, 0.717) is 5.56 Å². The summed E-state index contributed by atoms with van der Waals surface area (Å²) in [5.41, 5.74) is 5.82. The molecule has 3 aromatic carbocycles. The highest BCUT2D eigenvalue weighted by Crippen LogP contribution is 2.44. The second-order valence-electron chi connectivity index (χ2n) is 8.04. The molecule has 0 radical (unpaired) electrons. The van der Waals surface area contributed by atoms with Gasteiger partial charge in [0, 0.05) is 17.9 Å². The topological polar surface area (TPSA) is 92.7 Å². The van der Waals surface area contributed by atoms with Crippen LogP contribution in [0.1, 0.15) is 46.3 Å². The Balaban J connectivity index is 1.40. The fourth-order valence-corrected chi connectivity index (χ4v) is 4.21. The number of aryl methyl sites for hydroxylation is 1. The fraction of sp³-hybridized carbons (Fsp3) is 0.222. The minimum atomic E-state index is -1.38. The minimum Gasteiger partial charge on any atom is -0.480 e. The third-order valence-corrected chi connectivity index (χ3v) is 6.01. The van der Waals surface area contributed by atoms with Crippen molar-refractivity contribution in [2.75, 3.05) is 6.61 Å². The molecule has 0 saturated carbocycles. The third-order valence-electron chi connectivity index (χ3n) is 6.01. The number of rotatable bonds is 8. The zero-order chi connectivity index (χ0) is 23.4. The van der Waals surface area contributed by atoms with Crippen LogP contribution in [0, 0.1) is 0 Å². The van der Waals surface area contributed by atoms with Crippen molar-refractivity contribution in [3.8, 4) is 11.1 Å². The Labute approximate surface area is 192 Å². The maximum absolute atomic E-state index is 12.5. The number of carbonyl (C=O) groups is 3. The molecule has 0 spiro atoms. The van der Waals surface area contributed by atoms with Gasteiger partial charge in [0.1, 0.15) is 12.6 Å². The Morgan fingerprint density at radius 1 is 0.909 bits per heavy atom. The normalized spacial score (nSPS) is 13.0. The molecule has 168 valence electrons. The van der Waals surface area contributed by atoms with Crippen molar-refractivity contribution < 1.29 is 24.2 Å². The SMILES string of the molecule is CCc1ccc(C(=O)CC(NC(=O)OCC2c3ccccc3-c3ccccc32)C(=O)O)cc1. The first-order chi connectivity index (χ1) is 16.0. The van der Waals surface area contributed by atoms with E-state index in [1.165, 1.54) is 0 Å². The third kappa shape index (κ3) is 4.80. The van der Waals surface area contributed by atoms with Gasteiger partial charge in [-0.15, -0.1) is 0 Å². The van der Waals surface area contributed by atoms with Gasteiger partial charge in [-0.3, -0.25) is 4.79 Å². The maximum atomic E-state index is 12.5. The van der Waals surface area contributed by atoms with Gasteiger partial charge in [0.15, 0.2) is 5.78 Å². The van der Waals surface area contributed by atoms with Crippen LogP contribution in [0.5, 0.6) is 0 Å². The zero-order valence-corrected chi connectivity index (χ0v) is 18.3. The lowest BCUT2D eigenvalue weighted by molar-refractivity contribution is -0.139. The van der Waals surface area contributed by atoms with Gasteiger partial charge in [0.2, 0.25) is 0 Å². The number of hydrogen-bond acceptors (Lipinski definition) is 4. The van der Waals surface area contributed by atoms with Crippen LogP contribution in [0.25, 0.3) is 11.1 Å². The van der Waals surface area contributed by atoms with Crippen LogP contribution in [-0.2, 0) is 16.0 Å². The molecule has 1 amide bonds. The summed E-state index contributed by atoms with van der Waals surface area (Å²) in [6.07, 6.45) is -0.376. The van der Waals surface area contributed by atoms with E-state index in [1.54, 1.807) is 12.1 Å². The molecule has 6 heteroatoms. The smallest absolute Gasteiger partial charge is 0.407 e. The van der Waals surface area contributed by atoms with Gasteiger partial charge in [0.25, 0.3) is 0 Å². The zero-order valence-electron chi connectivity index (χ0n) is 18.3. The molecule has 0 bridgehead atoms. The quantitative estimate of drug-likeness (QED) is 0.487. The molecule has 0 aliphatic heterocycles. The van der Waals surface area contributed by atoms with Gasteiger partial charge in [0.05, 0.1) is 0 Å². The summed E-state index contributed by atoms with van der Waals surface area (Å²) < 4.78 is 5.41. The monoisotopic (exact) mass is 443 g/mol. The van der Waals surface area contributed by atoms with E-state index >= 15 is 0 Å². The molecule has 4 rings (SSSR count). The van der Waals surface area contributed by atoms with Crippen LogP contribution < -0.4 is 5.32 Å². The number of nitrogens with one attached hydrogen (secondary N) is 1.